The van der Waals surface area contributed by atoms with Gasteiger partial charge in [-0.05, 0) is 70.6 Å². The van der Waals surface area contributed by atoms with Crippen molar-refractivity contribution in [2.24, 2.45) is 0 Å². The number of hydrogen-bond acceptors (Lipinski definition) is 6. The number of carbonyl (C=O) groups excluding carboxylic acids is 1. The lowest BCUT2D eigenvalue weighted by molar-refractivity contribution is -0.121. The number of ether oxygens (including phenoxy) is 2. The van der Waals surface area contributed by atoms with Crippen LogP contribution in [0.25, 0.3) is 0 Å². The van der Waals surface area contributed by atoms with Crippen LogP contribution in [0.1, 0.15) is 55.7 Å². The van der Waals surface area contributed by atoms with Crippen LogP contribution in [-0.2, 0) is 11.2 Å². The van der Waals surface area contributed by atoms with Crippen LogP contribution >= 0.6 is 11.8 Å². The van der Waals surface area contributed by atoms with Gasteiger partial charge in [0.15, 0.2) is 16.7 Å². The Labute approximate surface area is 177 Å². The molecule has 1 atom stereocenters. The van der Waals surface area contributed by atoms with Crippen molar-refractivity contribution in [3.8, 4) is 11.5 Å². The van der Waals surface area contributed by atoms with Crippen LogP contribution in [-0.4, -0.2) is 35.3 Å². The van der Waals surface area contributed by atoms with Crippen molar-refractivity contribution in [3.05, 3.63) is 40.7 Å². The Bertz CT molecular complexity index is 819. The van der Waals surface area contributed by atoms with Crippen molar-refractivity contribution in [2.45, 2.75) is 58.7 Å². The number of thioether (sulfide) groups is 1. The van der Waals surface area contributed by atoms with Crippen LogP contribution in [0.5, 0.6) is 11.5 Å². The molecule has 1 aromatic heterocycles. The first kappa shape index (κ1) is 23.0. The van der Waals surface area contributed by atoms with Crippen molar-refractivity contribution < 1.29 is 14.3 Å². The van der Waals surface area contributed by atoms with Crippen LogP contribution in [0.3, 0.4) is 0 Å². The van der Waals surface area contributed by atoms with Gasteiger partial charge in [-0.1, -0.05) is 17.8 Å². The van der Waals surface area contributed by atoms with Crippen molar-refractivity contribution in [3.63, 3.8) is 0 Å². The quantitative estimate of drug-likeness (QED) is 0.456. The molecule has 7 heteroatoms. The molecule has 0 aliphatic heterocycles. The van der Waals surface area contributed by atoms with E-state index in [0.717, 1.165) is 33.4 Å². The van der Waals surface area contributed by atoms with Crippen LogP contribution < -0.4 is 14.8 Å². The summed E-state index contributed by atoms with van der Waals surface area (Å²) in [6.45, 7) is 10.9. The lowest BCUT2D eigenvalue weighted by Gasteiger charge is -2.18. The fraction of sp³-hybridized carbons (Fsp3) is 0.500. The molecule has 0 aliphatic rings. The average Bonchev–Trinajstić information content (AvgIpc) is 2.68. The van der Waals surface area contributed by atoms with E-state index in [1.54, 1.807) is 0 Å². The van der Waals surface area contributed by atoms with Gasteiger partial charge in [0, 0.05) is 17.8 Å². The van der Waals surface area contributed by atoms with Gasteiger partial charge in [0.2, 0.25) is 5.91 Å². The number of hydrogen-bond donors (Lipinski definition) is 1. The summed E-state index contributed by atoms with van der Waals surface area (Å²) < 4.78 is 11.3. The molecule has 2 rings (SSSR count). The molecule has 0 fully saturated rings. The number of benzene rings is 1. The largest absolute Gasteiger partial charge is 0.490 e. The van der Waals surface area contributed by atoms with Gasteiger partial charge < -0.3 is 14.8 Å². The predicted octanol–water partition coefficient (Wildman–Crippen LogP) is 4.42. The van der Waals surface area contributed by atoms with Crippen LogP contribution in [0.2, 0.25) is 0 Å². The number of carbonyl (C=O) groups is 1. The predicted molar refractivity (Wildman–Crippen MR) is 117 cm³/mol. The average molecular weight is 418 g/mol. The lowest BCUT2D eigenvalue weighted by Crippen LogP contribution is -2.27. The normalized spacial score (nSPS) is 11.8. The highest BCUT2D eigenvalue weighted by atomic mass is 32.2. The number of nitrogens with zero attached hydrogens (tertiary/aromatic N) is 2. The maximum Gasteiger partial charge on any atom is 0.220 e. The van der Waals surface area contributed by atoms with Gasteiger partial charge in [-0.3, -0.25) is 4.79 Å². The van der Waals surface area contributed by atoms with E-state index in [9.17, 15) is 4.79 Å². The molecule has 0 saturated carbocycles. The summed E-state index contributed by atoms with van der Waals surface area (Å²) >= 11 is 1.52. The third-order valence-electron chi connectivity index (χ3n) is 4.63. The molecule has 1 amide bonds. The molecule has 2 aromatic rings. The molecule has 0 bridgehead atoms. The molecular formula is C22H31N3O3S. The first-order valence-corrected chi connectivity index (χ1v) is 11.2. The molecular weight excluding hydrogens is 386 g/mol. The van der Waals surface area contributed by atoms with Gasteiger partial charge in [0.25, 0.3) is 0 Å². The Hall–Kier alpha value is -2.28. The zero-order valence-electron chi connectivity index (χ0n) is 18.2. The molecule has 0 saturated heterocycles. The van der Waals surface area contributed by atoms with Crippen molar-refractivity contribution in [2.75, 3.05) is 19.5 Å². The second kappa shape index (κ2) is 11.0. The Morgan fingerprint density at radius 2 is 1.72 bits per heavy atom. The SMILES string of the molecule is CCOc1ccc([C@H](C)NC(=O)CCc2c(C)nc(SC)nc2C)cc1OCC. The minimum absolute atomic E-state index is 0.00270. The monoisotopic (exact) mass is 417 g/mol. The van der Waals surface area contributed by atoms with E-state index < -0.39 is 0 Å². The van der Waals surface area contributed by atoms with E-state index in [4.69, 9.17) is 9.47 Å². The molecule has 0 aliphatic carbocycles. The summed E-state index contributed by atoms with van der Waals surface area (Å²) in [5.74, 6) is 1.42. The highest BCUT2D eigenvalue weighted by molar-refractivity contribution is 7.98. The zero-order chi connectivity index (χ0) is 21.4. The molecule has 1 aromatic carbocycles. The Balaban J connectivity index is 2.01. The van der Waals surface area contributed by atoms with Gasteiger partial charge in [0.1, 0.15) is 0 Å². The first-order valence-electron chi connectivity index (χ1n) is 9.96. The lowest BCUT2D eigenvalue weighted by atomic mass is 10.0. The first-order chi connectivity index (χ1) is 13.9. The van der Waals surface area contributed by atoms with Crippen molar-refractivity contribution in [1.82, 2.24) is 15.3 Å². The Kier molecular flexibility index (Phi) is 8.76. The second-order valence-electron chi connectivity index (χ2n) is 6.72. The highest BCUT2D eigenvalue weighted by Crippen LogP contribution is 2.30. The summed E-state index contributed by atoms with van der Waals surface area (Å²) in [7, 11) is 0. The molecule has 1 N–H and O–H groups in total. The highest BCUT2D eigenvalue weighted by Gasteiger charge is 2.15. The molecule has 158 valence electrons. The fourth-order valence-electron chi connectivity index (χ4n) is 3.13. The van der Waals surface area contributed by atoms with Gasteiger partial charge in [-0.15, -0.1) is 0 Å². The summed E-state index contributed by atoms with van der Waals surface area (Å²) in [5, 5.41) is 3.83. The number of aromatic nitrogens is 2. The Morgan fingerprint density at radius 1 is 1.10 bits per heavy atom. The van der Waals surface area contributed by atoms with E-state index in [1.165, 1.54) is 11.8 Å². The summed E-state index contributed by atoms with van der Waals surface area (Å²) in [4.78, 5) is 21.5. The maximum absolute atomic E-state index is 12.5. The standard InChI is InChI=1S/C22H31N3O3S/c1-7-27-19-11-9-17(13-20(19)28-8-2)14(3)23-21(26)12-10-18-15(4)24-22(29-6)25-16(18)5/h9,11,13-14H,7-8,10,12H2,1-6H3,(H,23,26)/t14-/m0/s1. The van der Waals surface area contributed by atoms with E-state index in [-0.39, 0.29) is 11.9 Å². The molecule has 0 radical (unpaired) electrons. The molecule has 0 spiro atoms. The molecule has 0 unspecified atom stereocenters. The number of amides is 1. The van der Waals surface area contributed by atoms with Crippen LogP contribution in [0, 0.1) is 13.8 Å². The minimum atomic E-state index is -0.130. The molecule has 29 heavy (non-hydrogen) atoms. The fourth-order valence-corrected chi connectivity index (χ4v) is 3.59. The van der Waals surface area contributed by atoms with E-state index >= 15 is 0 Å². The molecule has 6 nitrogen and oxygen atoms in total. The zero-order valence-corrected chi connectivity index (χ0v) is 19.0. The van der Waals surface area contributed by atoms with Crippen LogP contribution in [0.4, 0.5) is 0 Å². The third-order valence-corrected chi connectivity index (χ3v) is 5.18. The summed E-state index contributed by atoms with van der Waals surface area (Å²) in [6.07, 6.45) is 2.97. The smallest absolute Gasteiger partial charge is 0.220 e. The number of aryl methyl sites for hydroxylation is 2. The van der Waals surface area contributed by atoms with Gasteiger partial charge in [-0.2, -0.15) is 0 Å². The third kappa shape index (κ3) is 6.35. The van der Waals surface area contributed by atoms with Crippen molar-refractivity contribution in [1.29, 1.82) is 0 Å². The second-order valence-corrected chi connectivity index (χ2v) is 7.49. The Morgan fingerprint density at radius 3 is 2.31 bits per heavy atom. The maximum atomic E-state index is 12.5. The van der Waals surface area contributed by atoms with E-state index in [0.29, 0.717) is 31.8 Å². The van der Waals surface area contributed by atoms with Crippen molar-refractivity contribution >= 4 is 17.7 Å². The van der Waals surface area contributed by atoms with Gasteiger partial charge in [-0.25, -0.2) is 9.97 Å². The summed E-state index contributed by atoms with van der Waals surface area (Å²) in [6, 6.07) is 5.66. The number of nitrogens with one attached hydrogen (secondary N) is 1. The van der Waals surface area contributed by atoms with E-state index in [1.807, 2.05) is 59.1 Å². The summed E-state index contributed by atoms with van der Waals surface area (Å²) in [5.41, 5.74) is 3.90. The van der Waals surface area contributed by atoms with Gasteiger partial charge in [0.05, 0.1) is 19.3 Å². The molecule has 1 heterocycles. The van der Waals surface area contributed by atoms with Gasteiger partial charge >= 0.3 is 0 Å². The number of rotatable bonds is 10. The topological polar surface area (TPSA) is 73.3 Å². The minimum Gasteiger partial charge on any atom is -0.490 e. The van der Waals surface area contributed by atoms with E-state index in [2.05, 4.69) is 15.3 Å². The van der Waals surface area contributed by atoms with Crippen LogP contribution in [0.15, 0.2) is 23.4 Å².